The molecule has 0 saturated carbocycles. The summed E-state index contributed by atoms with van der Waals surface area (Å²) < 4.78 is 16.8. The van der Waals surface area contributed by atoms with Crippen molar-refractivity contribution in [3.05, 3.63) is 17.7 Å². The molecule has 0 aliphatic rings. The van der Waals surface area contributed by atoms with Gasteiger partial charge in [-0.3, -0.25) is 0 Å². The highest BCUT2D eigenvalue weighted by Gasteiger charge is 2.23. The van der Waals surface area contributed by atoms with E-state index in [-0.39, 0.29) is 0 Å². The van der Waals surface area contributed by atoms with Gasteiger partial charge in [0.05, 0.1) is 31.5 Å². The molecule has 21 heavy (non-hydrogen) atoms. The Morgan fingerprint density at radius 1 is 0.857 bits per heavy atom. The predicted octanol–water partition coefficient (Wildman–Crippen LogP) is 5.00. The zero-order valence-corrected chi connectivity index (χ0v) is 15.2. The minimum atomic E-state index is 0.320. The van der Waals surface area contributed by atoms with Crippen molar-refractivity contribution in [3.8, 4) is 17.2 Å². The molecule has 0 unspecified atom stereocenters. The second kappa shape index (κ2) is 10.1. The number of rotatable bonds is 10. The first kappa shape index (κ1) is 18.4. The normalized spacial score (nSPS) is 10.8. The Morgan fingerprint density at radius 3 is 1.67 bits per heavy atom. The van der Waals surface area contributed by atoms with Crippen molar-refractivity contribution in [1.82, 2.24) is 0 Å². The second-order valence-electron chi connectivity index (χ2n) is 4.52. The van der Waals surface area contributed by atoms with Crippen LogP contribution in [0.2, 0.25) is 0 Å². The molecule has 3 nitrogen and oxygen atoms in total. The summed E-state index contributed by atoms with van der Waals surface area (Å²) in [5.74, 6) is 4.68. The van der Waals surface area contributed by atoms with Crippen molar-refractivity contribution in [2.45, 2.75) is 31.3 Å². The van der Waals surface area contributed by atoms with E-state index in [1.165, 1.54) is 0 Å². The maximum absolute atomic E-state index is 5.58. The highest BCUT2D eigenvalue weighted by molar-refractivity contribution is 8.16. The summed E-state index contributed by atoms with van der Waals surface area (Å²) in [5.41, 5.74) is 1.12. The van der Waals surface area contributed by atoms with Crippen LogP contribution in [0.15, 0.2) is 12.1 Å². The number of thioether (sulfide) groups is 2. The Bertz CT molecular complexity index is 391. The van der Waals surface area contributed by atoms with Gasteiger partial charge in [-0.05, 0) is 24.3 Å². The van der Waals surface area contributed by atoms with Crippen molar-refractivity contribution < 1.29 is 14.2 Å². The highest BCUT2D eigenvalue weighted by Crippen LogP contribution is 2.49. The van der Waals surface area contributed by atoms with E-state index < -0.39 is 0 Å². The summed E-state index contributed by atoms with van der Waals surface area (Å²) in [4.78, 5) is 0. The Labute approximate surface area is 137 Å². The second-order valence-corrected chi connectivity index (χ2v) is 7.24. The average molecular weight is 331 g/mol. The fourth-order valence-electron chi connectivity index (χ4n) is 1.93. The van der Waals surface area contributed by atoms with E-state index in [1.807, 2.05) is 35.7 Å². The van der Waals surface area contributed by atoms with Crippen LogP contribution in [-0.2, 0) is 0 Å². The number of methoxy groups -OCH3 is 3. The van der Waals surface area contributed by atoms with Gasteiger partial charge in [0.2, 0.25) is 0 Å². The molecule has 0 fully saturated rings. The van der Waals surface area contributed by atoms with Crippen LogP contribution in [0.3, 0.4) is 0 Å². The van der Waals surface area contributed by atoms with Crippen molar-refractivity contribution in [2.75, 3.05) is 32.8 Å². The van der Waals surface area contributed by atoms with Gasteiger partial charge in [-0.1, -0.05) is 13.8 Å². The van der Waals surface area contributed by atoms with Gasteiger partial charge < -0.3 is 14.2 Å². The number of ether oxygens (including phenoxy) is 3. The van der Waals surface area contributed by atoms with Crippen LogP contribution in [0.5, 0.6) is 17.2 Å². The van der Waals surface area contributed by atoms with Crippen LogP contribution < -0.4 is 14.2 Å². The van der Waals surface area contributed by atoms with Gasteiger partial charge in [-0.25, -0.2) is 0 Å². The molecule has 0 bridgehead atoms. The molecule has 1 aromatic rings. The van der Waals surface area contributed by atoms with Crippen molar-refractivity contribution in [2.24, 2.45) is 0 Å². The average Bonchev–Trinajstić information content (AvgIpc) is 2.54. The molecule has 0 amide bonds. The maximum atomic E-state index is 5.58. The van der Waals surface area contributed by atoms with Gasteiger partial charge in [0, 0.05) is 12.1 Å². The molecule has 1 aromatic carbocycles. The fraction of sp³-hybridized carbons (Fsp3) is 0.625. The van der Waals surface area contributed by atoms with Crippen molar-refractivity contribution >= 4 is 23.5 Å². The summed E-state index contributed by atoms with van der Waals surface area (Å²) in [6.07, 6.45) is 2.32. The first-order valence-corrected chi connectivity index (χ1v) is 9.34. The zero-order chi connectivity index (χ0) is 15.7. The van der Waals surface area contributed by atoms with E-state index in [0.717, 1.165) is 47.2 Å². The lowest BCUT2D eigenvalue weighted by atomic mass is 10.2. The summed E-state index contributed by atoms with van der Waals surface area (Å²) in [6.45, 7) is 4.41. The molecule has 0 N–H and O–H groups in total. The smallest absolute Gasteiger partial charge is 0.131 e. The first-order chi connectivity index (χ1) is 10.2. The van der Waals surface area contributed by atoms with Crippen LogP contribution in [0, 0.1) is 0 Å². The molecule has 0 saturated heterocycles. The molecule has 0 aromatic heterocycles. The molecule has 120 valence electrons. The lowest BCUT2D eigenvalue weighted by Gasteiger charge is -2.22. The molecule has 0 aliphatic heterocycles. The first-order valence-electron chi connectivity index (χ1n) is 7.24. The van der Waals surface area contributed by atoms with Crippen LogP contribution in [0.4, 0.5) is 0 Å². The Balaban J connectivity index is 3.18. The third kappa shape index (κ3) is 5.22. The van der Waals surface area contributed by atoms with Crippen LogP contribution in [0.25, 0.3) is 0 Å². The quantitative estimate of drug-likeness (QED) is 0.563. The Hall–Kier alpha value is -0.680. The molecule has 0 aliphatic carbocycles. The largest absolute Gasteiger partial charge is 0.496 e. The monoisotopic (exact) mass is 330 g/mol. The molecule has 0 spiro atoms. The molecule has 0 radical (unpaired) electrons. The van der Waals surface area contributed by atoms with E-state index in [0.29, 0.717) is 4.58 Å². The van der Waals surface area contributed by atoms with E-state index in [4.69, 9.17) is 14.2 Å². The molecular formula is C16H26O3S2. The van der Waals surface area contributed by atoms with Gasteiger partial charge in [0.1, 0.15) is 17.2 Å². The van der Waals surface area contributed by atoms with E-state index >= 15 is 0 Å². The maximum Gasteiger partial charge on any atom is 0.131 e. The van der Waals surface area contributed by atoms with Crippen molar-refractivity contribution in [3.63, 3.8) is 0 Å². The molecule has 5 heteroatoms. The summed E-state index contributed by atoms with van der Waals surface area (Å²) in [5, 5.41) is 0. The summed E-state index contributed by atoms with van der Waals surface area (Å²) in [6, 6.07) is 3.87. The van der Waals surface area contributed by atoms with Gasteiger partial charge in [0.25, 0.3) is 0 Å². The van der Waals surface area contributed by atoms with Crippen LogP contribution in [0.1, 0.15) is 36.8 Å². The number of hydrogen-bond donors (Lipinski definition) is 0. The minimum absolute atomic E-state index is 0.320. The summed E-state index contributed by atoms with van der Waals surface area (Å²) in [7, 11) is 5.05. The van der Waals surface area contributed by atoms with E-state index in [2.05, 4.69) is 13.8 Å². The zero-order valence-electron chi connectivity index (χ0n) is 13.6. The number of benzene rings is 1. The standard InChI is InChI=1S/C16H26O3S2/c1-6-8-20-16(21-9-7-2)15-13(18-4)10-12(17-3)11-14(15)19-5/h10-11,16H,6-9H2,1-5H3. The van der Waals surface area contributed by atoms with Crippen LogP contribution in [-0.4, -0.2) is 32.8 Å². The molecule has 0 heterocycles. The topological polar surface area (TPSA) is 27.7 Å². The lowest BCUT2D eigenvalue weighted by molar-refractivity contribution is 0.370. The SMILES string of the molecule is CCCSC(SCCC)c1c(OC)cc(OC)cc1OC. The van der Waals surface area contributed by atoms with Crippen molar-refractivity contribution in [1.29, 1.82) is 0 Å². The number of hydrogen-bond acceptors (Lipinski definition) is 5. The lowest BCUT2D eigenvalue weighted by Crippen LogP contribution is -2.02. The molecular weight excluding hydrogens is 304 g/mol. The van der Waals surface area contributed by atoms with Gasteiger partial charge in [-0.15, -0.1) is 23.5 Å². The summed E-state index contributed by atoms with van der Waals surface area (Å²) >= 11 is 3.90. The highest BCUT2D eigenvalue weighted by atomic mass is 32.2. The predicted molar refractivity (Wildman–Crippen MR) is 94.3 cm³/mol. The Morgan fingerprint density at radius 2 is 1.33 bits per heavy atom. The van der Waals surface area contributed by atoms with Crippen LogP contribution >= 0.6 is 23.5 Å². The van der Waals surface area contributed by atoms with E-state index in [9.17, 15) is 0 Å². The van der Waals surface area contributed by atoms with E-state index in [1.54, 1.807) is 21.3 Å². The fourth-order valence-corrected chi connectivity index (χ4v) is 4.59. The molecule has 0 atom stereocenters. The minimum Gasteiger partial charge on any atom is -0.496 e. The van der Waals surface area contributed by atoms with Gasteiger partial charge >= 0.3 is 0 Å². The molecule has 1 rings (SSSR count). The Kier molecular flexibility index (Phi) is 8.85. The third-order valence-corrected chi connectivity index (χ3v) is 6.12. The third-order valence-electron chi connectivity index (χ3n) is 2.94. The van der Waals surface area contributed by atoms with Gasteiger partial charge in [0.15, 0.2) is 0 Å². The van der Waals surface area contributed by atoms with Gasteiger partial charge in [-0.2, -0.15) is 0 Å².